The highest BCUT2D eigenvalue weighted by Crippen LogP contribution is 2.43. The van der Waals surface area contributed by atoms with Gasteiger partial charge in [0.2, 0.25) is 0 Å². The number of ether oxygens (including phenoxy) is 1. The lowest BCUT2D eigenvalue weighted by atomic mass is 10.0. The first-order valence-electron chi connectivity index (χ1n) is 6.08. The number of halogens is 2. The molecule has 1 atom stereocenters. The molecule has 2 heterocycles. The minimum absolute atomic E-state index is 0.0212. The van der Waals surface area contributed by atoms with E-state index in [-0.39, 0.29) is 6.10 Å². The fourth-order valence-corrected chi connectivity index (χ4v) is 2.99. The van der Waals surface area contributed by atoms with E-state index in [9.17, 15) is 0 Å². The summed E-state index contributed by atoms with van der Waals surface area (Å²) in [5.41, 5.74) is 8.28. The number of aromatic amines is 1. The SMILES string of the molecule is Nc1n[nH]c(C2CCCO2)c1-c1c(Cl)cccc1Cl. The van der Waals surface area contributed by atoms with Gasteiger partial charge in [-0.25, -0.2) is 0 Å². The smallest absolute Gasteiger partial charge is 0.153 e. The van der Waals surface area contributed by atoms with E-state index in [0.717, 1.165) is 30.7 Å². The lowest BCUT2D eigenvalue weighted by Gasteiger charge is -2.12. The van der Waals surface area contributed by atoms with E-state index < -0.39 is 0 Å². The van der Waals surface area contributed by atoms with Gasteiger partial charge in [0.05, 0.1) is 27.4 Å². The molecule has 0 radical (unpaired) electrons. The maximum atomic E-state index is 6.25. The average molecular weight is 298 g/mol. The fourth-order valence-electron chi connectivity index (χ4n) is 2.41. The Kier molecular flexibility index (Phi) is 3.39. The lowest BCUT2D eigenvalue weighted by Crippen LogP contribution is -1.99. The zero-order valence-corrected chi connectivity index (χ0v) is 11.6. The quantitative estimate of drug-likeness (QED) is 0.886. The van der Waals surface area contributed by atoms with E-state index in [0.29, 0.717) is 21.4 Å². The summed E-state index contributed by atoms with van der Waals surface area (Å²) in [5.74, 6) is 0.389. The van der Waals surface area contributed by atoms with E-state index >= 15 is 0 Å². The van der Waals surface area contributed by atoms with Crippen molar-refractivity contribution in [2.75, 3.05) is 12.3 Å². The molecule has 0 spiro atoms. The molecule has 100 valence electrons. The third-order valence-electron chi connectivity index (χ3n) is 3.29. The highest BCUT2D eigenvalue weighted by atomic mass is 35.5. The number of hydrogen-bond acceptors (Lipinski definition) is 3. The predicted octanol–water partition coefficient (Wildman–Crippen LogP) is 3.82. The maximum absolute atomic E-state index is 6.25. The molecule has 3 rings (SSSR count). The predicted molar refractivity (Wildman–Crippen MR) is 76.4 cm³/mol. The van der Waals surface area contributed by atoms with E-state index in [2.05, 4.69) is 10.2 Å². The summed E-state index contributed by atoms with van der Waals surface area (Å²) in [6.45, 7) is 0.749. The number of anilines is 1. The molecule has 1 aromatic carbocycles. The number of aromatic nitrogens is 2. The Hall–Kier alpha value is -1.23. The van der Waals surface area contributed by atoms with Gasteiger partial charge in [-0.15, -0.1) is 0 Å². The normalized spacial score (nSPS) is 18.9. The molecule has 6 heteroatoms. The van der Waals surface area contributed by atoms with Crippen molar-refractivity contribution in [2.45, 2.75) is 18.9 Å². The van der Waals surface area contributed by atoms with Crippen molar-refractivity contribution >= 4 is 29.0 Å². The van der Waals surface area contributed by atoms with Crippen LogP contribution in [0, 0.1) is 0 Å². The number of nitrogens with one attached hydrogen (secondary N) is 1. The summed E-state index contributed by atoms with van der Waals surface area (Å²) < 4.78 is 5.68. The summed E-state index contributed by atoms with van der Waals surface area (Å²) in [7, 11) is 0. The fraction of sp³-hybridized carbons (Fsp3) is 0.308. The number of hydrogen-bond donors (Lipinski definition) is 2. The van der Waals surface area contributed by atoms with Gasteiger partial charge in [0.25, 0.3) is 0 Å². The molecule has 0 saturated carbocycles. The van der Waals surface area contributed by atoms with Crippen LogP contribution in [-0.4, -0.2) is 16.8 Å². The van der Waals surface area contributed by atoms with Crippen LogP contribution >= 0.6 is 23.2 Å². The van der Waals surface area contributed by atoms with Crippen LogP contribution in [0.4, 0.5) is 5.82 Å². The first-order valence-corrected chi connectivity index (χ1v) is 6.84. The van der Waals surface area contributed by atoms with Gasteiger partial charge in [-0.2, -0.15) is 5.10 Å². The number of benzene rings is 1. The summed E-state index contributed by atoms with van der Waals surface area (Å²) in [4.78, 5) is 0. The van der Waals surface area contributed by atoms with Crippen LogP contribution < -0.4 is 5.73 Å². The number of nitrogen functional groups attached to an aromatic ring is 1. The van der Waals surface area contributed by atoms with Crippen LogP contribution in [0.25, 0.3) is 11.1 Å². The van der Waals surface area contributed by atoms with Gasteiger partial charge in [-0.1, -0.05) is 29.3 Å². The Balaban J connectivity index is 2.16. The molecule has 1 aromatic heterocycles. The number of nitrogens with two attached hydrogens (primary N) is 1. The highest BCUT2D eigenvalue weighted by Gasteiger charge is 2.27. The molecular formula is C13H13Cl2N3O. The van der Waals surface area contributed by atoms with Crippen LogP contribution in [0.15, 0.2) is 18.2 Å². The van der Waals surface area contributed by atoms with Gasteiger partial charge in [0.1, 0.15) is 0 Å². The topological polar surface area (TPSA) is 63.9 Å². The van der Waals surface area contributed by atoms with Crippen molar-refractivity contribution in [1.82, 2.24) is 10.2 Å². The van der Waals surface area contributed by atoms with Crippen LogP contribution in [0.5, 0.6) is 0 Å². The van der Waals surface area contributed by atoms with Crippen molar-refractivity contribution in [3.05, 3.63) is 33.9 Å². The Morgan fingerprint density at radius 1 is 1.26 bits per heavy atom. The Morgan fingerprint density at radius 2 is 2.00 bits per heavy atom. The van der Waals surface area contributed by atoms with Crippen molar-refractivity contribution in [2.24, 2.45) is 0 Å². The van der Waals surface area contributed by atoms with E-state index in [1.807, 2.05) is 0 Å². The van der Waals surface area contributed by atoms with E-state index in [4.69, 9.17) is 33.7 Å². The van der Waals surface area contributed by atoms with E-state index in [1.165, 1.54) is 0 Å². The minimum Gasteiger partial charge on any atom is -0.382 e. The van der Waals surface area contributed by atoms with Gasteiger partial charge in [-0.05, 0) is 25.0 Å². The molecule has 1 unspecified atom stereocenters. The largest absolute Gasteiger partial charge is 0.382 e. The summed E-state index contributed by atoms with van der Waals surface area (Å²) in [6.07, 6.45) is 1.95. The van der Waals surface area contributed by atoms with Crippen molar-refractivity contribution in [3.63, 3.8) is 0 Å². The second kappa shape index (κ2) is 5.04. The van der Waals surface area contributed by atoms with Crippen molar-refractivity contribution < 1.29 is 4.74 Å². The number of nitrogens with zero attached hydrogens (tertiary/aromatic N) is 1. The van der Waals surface area contributed by atoms with Gasteiger partial charge < -0.3 is 10.5 Å². The van der Waals surface area contributed by atoms with Crippen LogP contribution in [0.2, 0.25) is 10.0 Å². The third kappa shape index (κ3) is 2.20. The Bertz CT molecular complexity index is 586. The van der Waals surface area contributed by atoms with Crippen molar-refractivity contribution in [1.29, 1.82) is 0 Å². The summed E-state index contributed by atoms with van der Waals surface area (Å²) in [5, 5.41) is 8.14. The van der Waals surface area contributed by atoms with Crippen LogP contribution in [-0.2, 0) is 4.74 Å². The third-order valence-corrected chi connectivity index (χ3v) is 3.92. The van der Waals surface area contributed by atoms with Crippen molar-refractivity contribution in [3.8, 4) is 11.1 Å². The molecule has 3 N–H and O–H groups in total. The van der Waals surface area contributed by atoms with Gasteiger partial charge in [-0.3, -0.25) is 5.10 Å². The molecule has 1 aliphatic rings. The first-order chi connectivity index (χ1) is 9.18. The molecule has 0 bridgehead atoms. The molecule has 1 fully saturated rings. The molecule has 0 amide bonds. The average Bonchev–Trinajstić information content (AvgIpc) is 2.99. The van der Waals surface area contributed by atoms with E-state index in [1.54, 1.807) is 18.2 Å². The number of rotatable bonds is 2. The van der Waals surface area contributed by atoms with Gasteiger partial charge >= 0.3 is 0 Å². The summed E-state index contributed by atoms with van der Waals surface area (Å²) in [6, 6.07) is 5.37. The number of H-pyrrole nitrogens is 1. The van der Waals surface area contributed by atoms with Gasteiger partial charge in [0.15, 0.2) is 5.82 Å². The molecule has 1 aliphatic heterocycles. The highest BCUT2D eigenvalue weighted by molar-refractivity contribution is 6.39. The summed E-state index contributed by atoms with van der Waals surface area (Å²) >= 11 is 12.5. The maximum Gasteiger partial charge on any atom is 0.153 e. The van der Waals surface area contributed by atoms with Crippen LogP contribution in [0.3, 0.4) is 0 Å². The molecular weight excluding hydrogens is 285 g/mol. The molecule has 4 nitrogen and oxygen atoms in total. The standard InChI is InChI=1S/C13H13Cl2N3O/c14-7-3-1-4-8(15)10(7)11-12(17-18-13(11)16)9-5-2-6-19-9/h1,3-4,9H,2,5-6H2,(H3,16,17,18). The molecule has 1 saturated heterocycles. The second-order valence-electron chi connectivity index (χ2n) is 4.50. The minimum atomic E-state index is -0.0212. The first kappa shape index (κ1) is 12.8. The zero-order chi connectivity index (χ0) is 13.4. The second-order valence-corrected chi connectivity index (χ2v) is 5.31. The molecule has 2 aromatic rings. The van der Waals surface area contributed by atoms with Crippen LogP contribution in [0.1, 0.15) is 24.6 Å². The zero-order valence-electron chi connectivity index (χ0n) is 10.1. The molecule has 0 aliphatic carbocycles. The Labute approximate surface area is 120 Å². The lowest BCUT2D eigenvalue weighted by molar-refractivity contribution is 0.109. The Morgan fingerprint density at radius 3 is 2.63 bits per heavy atom. The monoisotopic (exact) mass is 297 g/mol. The molecule has 19 heavy (non-hydrogen) atoms. The van der Waals surface area contributed by atoms with Gasteiger partial charge in [0, 0.05) is 12.2 Å².